The van der Waals surface area contributed by atoms with Gasteiger partial charge in [0.2, 0.25) is 0 Å². The molecule has 0 radical (unpaired) electrons. The zero-order valence-electron chi connectivity index (χ0n) is 10.9. The summed E-state index contributed by atoms with van der Waals surface area (Å²) >= 11 is 12.4. The van der Waals surface area contributed by atoms with E-state index < -0.39 is 0 Å². The smallest absolute Gasteiger partial charge is 0.147 e. The van der Waals surface area contributed by atoms with Crippen LogP contribution >= 0.6 is 48.8 Å². The molecule has 4 atom stereocenters. The number of thiol groups is 2. The molecule has 0 aromatic rings. The molecule has 2 aliphatic heterocycles. The molecule has 2 nitrogen and oxygen atoms in total. The Hall–Kier alpha value is 1.32. The highest BCUT2D eigenvalue weighted by molar-refractivity contribution is 8.02. The Balaban J connectivity index is 1.36. The number of rotatable bonds is 9. The van der Waals surface area contributed by atoms with Gasteiger partial charge in [-0.05, 0) is 38.2 Å². The van der Waals surface area contributed by atoms with E-state index in [1.165, 1.54) is 37.2 Å². The van der Waals surface area contributed by atoms with Gasteiger partial charge in [0.15, 0.2) is 0 Å². The number of epoxide rings is 2. The highest BCUT2D eigenvalue weighted by atomic mass is 32.2. The Morgan fingerprint density at radius 1 is 0.833 bits per heavy atom. The molecule has 0 N–H and O–H groups in total. The largest absolute Gasteiger partial charge is 0.343 e. The SMILES string of the molecule is CC1(SCCCCCCSC2(C)OC2S)OC1S. The summed E-state index contributed by atoms with van der Waals surface area (Å²) in [5.41, 5.74) is 0.291. The summed E-state index contributed by atoms with van der Waals surface area (Å²) in [5, 5.41) is 0. The summed E-state index contributed by atoms with van der Waals surface area (Å²) in [5.74, 6) is 2.36. The van der Waals surface area contributed by atoms with Crippen LogP contribution in [0.1, 0.15) is 39.5 Å². The predicted octanol–water partition coefficient (Wildman–Crippen LogP) is 4.02. The van der Waals surface area contributed by atoms with Gasteiger partial charge in [-0.1, -0.05) is 12.8 Å². The van der Waals surface area contributed by atoms with E-state index in [9.17, 15) is 0 Å². The minimum Gasteiger partial charge on any atom is -0.343 e. The summed E-state index contributed by atoms with van der Waals surface area (Å²) in [6, 6.07) is 0. The predicted molar refractivity (Wildman–Crippen MR) is 87.9 cm³/mol. The van der Waals surface area contributed by atoms with Crippen LogP contribution in [0.2, 0.25) is 0 Å². The van der Waals surface area contributed by atoms with Crippen LogP contribution in [-0.2, 0) is 9.47 Å². The maximum atomic E-state index is 5.41. The molecule has 2 fully saturated rings. The van der Waals surface area contributed by atoms with E-state index in [1.54, 1.807) is 0 Å². The Morgan fingerprint density at radius 3 is 1.44 bits per heavy atom. The molecule has 6 heteroatoms. The Bertz CT molecular complexity index is 263. The first-order valence-electron chi connectivity index (χ1n) is 6.46. The Labute approximate surface area is 130 Å². The zero-order valence-corrected chi connectivity index (χ0v) is 14.3. The molecule has 0 spiro atoms. The number of ether oxygens (including phenoxy) is 2. The third kappa shape index (κ3) is 4.42. The van der Waals surface area contributed by atoms with E-state index in [0.717, 1.165) is 0 Å². The van der Waals surface area contributed by atoms with Crippen molar-refractivity contribution in [3.63, 3.8) is 0 Å². The lowest BCUT2D eigenvalue weighted by molar-refractivity contribution is 0.394. The van der Waals surface area contributed by atoms with Gasteiger partial charge in [0.1, 0.15) is 20.7 Å². The highest BCUT2D eigenvalue weighted by Crippen LogP contribution is 2.49. The first-order valence-corrected chi connectivity index (χ1v) is 9.46. The number of unbranched alkanes of at least 4 members (excludes halogenated alkanes) is 3. The molecule has 2 heterocycles. The molecule has 0 amide bonds. The molecule has 0 saturated carbocycles. The maximum Gasteiger partial charge on any atom is 0.147 e. The van der Waals surface area contributed by atoms with Crippen LogP contribution in [0.15, 0.2) is 0 Å². The van der Waals surface area contributed by atoms with Crippen molar-refractivity contribution in [3.8, 4) is 0 Å². The van der Waals surface area contributed by atoms with Crippen molar-refractivity contribution >= 4 is 48.8 Å². The quantitative estimate of drug-likeness (QED) is 0.380. The summed E-state index contributed by atoms with van der Waals surface area (Å²) in [6.07, 6.45) is 5.17. The van der Waals surface area contributed by atoms with Crippen LogP contribution in [0.4, 0.5) is 0 Å². The standard InChI is InChI=1S/C12H22O2S4/c1-11(9(15)13-11)17-7-5-3-4-6-8-18-12(2)10(16)14-12/h9-10,15-16H,3-8H2,1-2H3. The second-order valence-corrected chi connectivity index (χ2v) is 9.04. The van der Waals surface area contributed by atoms with E-state index in [1.807, 2.05) is 23.5 Å². The fourth-order valence-corrected chi connectivity index (χ4v) is 4.84. The van der Waals surface area contributed by atoms with Gasteiger partial charge in [-0.2, -0.15) is 0 Å². The third-order valence-corrected chi connectivity index (χ3v) is 7.59. The fraction of sp³-hybridized carbons (Fsp3) is 1.00. The summed E-state index contributed by atoms with van der Waals surface area (Å²) in [7, 11) is 0. The van der Waals surface area contributed by atoms with E-state index in [-0.39, 0.29) is 20.7 Å². The van der Waals surface area contributed by atoms with Gasteiger partial charge in [0.05, 0.1) is 0 Å². The van der Waals surface area contributed by atoms with Crippen LogP contribution in [0.5, 0.6) is 0 Å². The van der Waals surface area contributed by atoms with Gasteiger partial charge in [-0.15, -0.1) is 48.8 Å². The van der Waals surface area contributed by atoms with Gasteiger partial charge in [0.25, 0.3) is 0 Å². The number of hydrogen-bond acceptors (Lipinski definition) is 6. The Morgan fingerprint density at radius 2 is 1.17 bits per heavy atom. The molecule has 18 heavy (non-hydrogen) atoms. The second-order valence-electron chi connectivity index (χ2n) is 5.08. The van der Waals surface area contributed by atoms with Crippen molar-refractivity contribution < 1.29 is 9.47 Å². The molecular weight excluding hydrogens is 304 g/mol. The summed E-state index contributed by atoms with van der Waals surface area (Å²) in [6.45, 7) is 4.24. The summed E-state index contributed by atoms with van der Waals surface area (Å²) in [4.78, 5) is -0.00308. The molecular formula is C12H22O2S4. The molecule has 2 aliphatic rings. The molecule has 2 saturated heterocycles. The van der Waals surface area contributed by atoms with Crippen molar-refractivity contribution in [2.24, 2.45) is 0 Å². The van der Waals surface area contributed by atoms with Crippen LogP contribution in [0.3, 0.4) is 0 Å². The van der Waals surface area contributed by atoms with Crippen LogP contribution < -0.4 is 0 Å². The molecule has 0 bridgehead atoms. The lowest BCUT2D eigenvalue weighted by Crippen LogP contribution is -2.02. The minimum atomic E-state index is -0.00154. The van der Waals surface area contributed by atoms with Crippen molar-refractivity contribution in [1.29, 1.82) is 0 Å². The highest BCUT2D eigenvalue weighted by Gasteiger charge is 2.50. The summed E-state index contributed by atoms with van der Waals surface area (Å²) < 4.78 is 10.8. The molecule has 2 rings (SSSR count). The molecule has 4 unspecified atom stereocenters. The van der Waals surface area contributed by atoms with E-state index in [2.05, 4.69) is 39.1 Å². The minimum absolute atomic E-state index is 0.00154. The molecule has 0 aromatic carbocycles. The topological polar surface area (TPSA) is 25.1 Å². The molecule has 0 aliphatic carbocycles. The number of hydrogen-bond donors (Lipinski definition) is 2. The molecule has 0 aromatic heterocycles. The average Bonchev–Trinajstić information content (AvgIpc) is 3.10. The van der Waals surface area contributed by atoms with Gasteiger partial charge in [0, 0.05) is 0 Å². The first-order chi connectivity index (χ1) is 8.46. The first kappa shape index (κ1) is 15.7. The van der Waals surface area contributed by atoms with E-state index in [0.29, 0.717) is 0 Å². The van der Waals surface area contributed by atoms with Crippen molar-refractivity contribution in [2.45, 2.75) is 60.3 Å². The maximum absolute atomic E-state index is 5.41. The normalized spacial score (nSPS) is 42.0. The lowest BCUT2D eigenvalue weighted by atomic mass is 10.2. The number of thioether (sulfide) groups is 2. The van der Waals surface area contributed by atoms with Crippen LogP contribution in [0, 0.1) is 0 Å². The van der Waals surface area contributed by atoms with Crippen molar-refractivity contribution in [3.05, 3.63) is 0 Å². The van der Waals surface area contributed by atoms with Crippen molar-refractivity contribution in [2.75, 3.05) is 11.5 Å². The second kappa shape index (κ2) is 6.39. The average molecular weight is 327 g/mol. The van der Waals surface area contributed by atoms with Crippen LogP contribution in [0.25, 0.3) is 0 Å². The lowest BCUT2D eigenvalue weighted by Gasteiger charge is -2.06. The van der Waals surface area contributed by atoms with Crippen molar-refractivity contribution in [1.82, 2.24) is 0 Å². The van der Waals surface area contributed by atoms with E-state index in [4.69, 9.17) is 9.47 Å². The fourth-order valence-electron chi connectivity index (χ4n) is 1.69. The van der Waals surface area contributed by atoms with Crippen LogP contribution in [-0.4, -0.2) is 32.2 Å². The van der Waals surface area contributed by atoms with E-state index >= 15 is 0 Å². The third-order valence-electron chi connectivity index (χ3n) is 3.29. The van der Waals surface area contributed by atoms with Gasteiger partial charge in [-0.25, -0.2) is 0 Å². The monoisotopic (exact) mass is 326 g/mol. The van der Waals surface area contributed by atoms with Gasteiger partial charge in [-0.3, -0.25) is 0 Å². The Kier molecular flexibility index (Phi) is 5.58. The van der Waals surface area contributed by atoms with Gasteiger partial charge < -0.3 is 9.47 Å². The molecule has 106 valence electrons. The van der Waals surface area contributed by atoms with Gasteiger partial charge >= 0.3 is 0 Å². The zero-order chi connectivity index (χ0) is 13.2.